The first-order chi connectivity index (χ1) is 44.4. The fourth-order valence-corrected chi connectivity index (χ4v) is 12.7. The summed E-state index contributed by atoms with van der Waals surface area (Å²) in [6, 6.07) is 0. The molecule has 0 radical (unpaired) electrons. The first kappa shape index (κ1) is 90.1. The second-order valence-electron chi connectivity index (χ2n) is 27.3. The van der Waals surface area contributed by atoms with Crippen LogP contribution in [0.4, 0.5) is 0 Å². The summed E-state index contributed by atoms with van der Waals surface area (Å²) in [7, 11) is -9.91. The molecule has 0 rings (SSSR count). The Morgan fingerprint density at radius 1 is 0.293 bits per heavy atom. The number of carbonyl (C=O) groups excluding carboxylic acids is 4. The first-order valence-electron chi connectivity index (χ1n) is 38.0. The van der Waals surface area contributed by atoms with Crippen LogP contribution in [-0.2, 0) is 65.4 Å². The SMILES string of the molecule is CCCCCCCCCCCCCCCCCCCC(=O)O[C@H](COC(=O)CCCCCCCCCCCCCCC)COP(=O)(O)OC[C@@H](O)COP(=O)(O)OC[C@@H](COC(=O)CCCCCCCCCC(C)C)OC(=O)CCCCCCCCCCCC(C)C. The van der Waals surface area contributed by atoms with Gasteiger partial charge in [0.25, 0.3) is 0 Å². The Hall–Kier alpha value is -1.94. The number of carbonyl (C=O) groups is 4. The monoisotopic (exact) mass is 1350 g/mol. The van der Waals surface area contributed by atoms with Gasteiger partial charge in [-0.25, -0.2) is 9.13 Å². The van der Waals surface area contributed by atoms with Gasteiger partial charge in [0, 0.05) is 25.7 Å². The molecule has 17 nitrogen and oxygen atoms in total. The van der Waals surface area contributed by atoms with Gasteiger partial charge in [-0.05, 0) is 37.5 Å². The van der Waals surface area contributed by atoms with E-state index in [9.17, 15) is 43.2 Å². The van der Waals surface area contributed by atoms with Gasteiger partial charge in [0.15, 0.2) is 12.2 Å². The number of hydrogen-bond donors (Lipinski definition) is 3. The minimum Gasteiger partial charge on any atom is -0.462 e. The van der Waals surface area contributed by atoms with Crippen LogP contribution in [0.15, 0.2) is 0 Å². The van der Waals surface area contributed by atoms with Crippen molar-refractivity contribution in [3.05, 3.63) is 0 Å². The number of phosphoric acid groups is 2. The molecule has 5 atom stereocenters. The average molecular weight is 1350 g/mol. The summed E-state index contributed by atoms with van der Waals surface area (Å²) in [5.74, 6) is -0.679. The highest BCUT2D eigenvalue weighted by Gasteiger charge is 2.30. The van der Waals surface area contributed by atoms with E-state index in [1.807, 2.05) is 0 Å². The van der Waals surface area contributed by atoms with E-state index in [1.165, 1.54) is 186 Å². The number of esters is 4. The van der Waals surface area contributed by atoms with Crippen LogP contribution in [0.1, 0.15) is 375 Å². The Balaban J connectivity index is 5.24. The Morgan fingerprint density at radius 2 is 0.500 bits per heavy atom. The fraction of sp³-hybridized carbons (Fsp3) is 0.945. The molecule has 0 saturated heterocycles. The molecule has 0 aliphatic carbocycles. The van der Waals surface area contributed by atoms with E-state index in [0.29, 0.717) is 31.6 Å². The van der Waals surface area contributed by atoms with Crippen molar-refractivity contribution in [3.8, 4) is 0 Å². The Morgan fingerprint density at radius 3 is 0.739 bits per heavy atom. The lowest BCUT2D eigenvalue weighted by atomic mass is 10.0. The van der Waals surface area contributed by atoms with Gasteiger partial charge in [0.05, 0.1) is 26.4 Å². The maximum Gasteiger partial charge on any atom is 0.472 e. The van der Waals surface area contributed by atoms with Crippen molar-refractivity contribution in [2.75, 3.05) is 39.6 Å². The van der Waals surface area contributed by atoms with Crippen molar-refractivity contribution >= 4 is 39.5 Å². The molecule has 0 aromatic carbocycles. The second-order valence-corrected chi connectivity index (χ2v) is 30.2. The van der Waals surface area contributed by atoms with Gasteiger partial charge in [0.2, 0.25) is 0 Å². The molecule has 19 heteroatoms. The quantitative estimate of drug-likeness (QED) is 0.0222. The van der Waals surface area contributed by atoms with Crippen LogP contribution in [-0.4, -0.2) is 96.7 Å². The van der Waals surface area contributed by atoms with Crippen molar-refractivity contribution in [1.82, 2.24) is 0 Å². The molecule has 0 saturated carbocycles. The maximum atomic E-state index is 13.1. The van der Waals surface area contributed by atoms with Crippen LogP contribution in [0.25, 0.3) is 0 Å². The van der Waals surface area contributed by atoms with Gasteiger partial charge in [-0.2, -0.15) is 0 Å². The van der Waals surface area contributed by atoms with E-state index >= 15 is 0 Å². The molecule has 0 aliphatic rings. The predicted octanol–water partition coefficient (Wildman–Crippen LogP) is 21.2. The van der Waals surface area contributed by atoms with Gasteiger partial charge >= 0.3 is 39.5 Å². The minimum atomic E-state index is -4.95. The minimum absolute atomic E-state index is 0.105. The fourth-order valence-electron chi connectivity index (χ4n) is 11.1. The van der Waals surface area contributed by atoms with E-state index < -0.39 is 97.5 Å². The summed E-state index contributed by atoms with van der Waals surface area (Å²) in [4.78, 5) is 72.7. The topological polar surface area (TPSA) is 237 Å². The van der Waals surface area contributed by atoms with E-state index in [1.54, 1.807) is 0 Å². The molecule has 0 fully saturated rings. The molecule has 0 aromatic heterocycles. The van der Waals surface area contributed by atoms with Crippen LogP contribution >= 0.6 is 15.6 Å². The highest BCUT2D eigenvalue weighted by Crippen LogP contribution is 2.45. The highest BCUT2D eigenvalue weighted by atomic mass is 31.2. The number of phosphoric ester groups is 2. The molecule has 2 unspecified atom stereocenters. The molecule has 0 bridgehead atoms. The number of ether oxygens (including phenoxy) is 4. The van der Waals surface area contributed by atoms with Gasteiger partial charge in [-0.3, -0.25) is 37.3 Å². The standard InChI is InChI=1S/C73H142O17P2/c1-7-9-11-13-15-17-19-21-22-23-24-26-28-32-38-45-51-57-72(77)89-68(61-83-70(75)55-49-43-37-31-27-25-20-18-16-14-12-10-8-2)63-87-91(79,80)85-59-67(74)60-86-92(81,82)88-64-69(62-84-71(76)56-50-44-40-34-36-42-48-54-66(5)6)90-73(78)58-52-46-39-33-29-30-35-41-47-53-65(3)4/h65-69,74H,7-64H2,1-6H3,(H,79,80)(H,81,82)/t67-,68-,69-/m1/s1. The van der Waals surface area contributed by atoms with Gasteiger partial charge < -0.3 is 33.8 Å². The summed E-state index contributed by atoms with van der Waals surface area (Å²) in [6.45, 7) is 9.50. The van der Waals surface area contributed by atoms with Crippen LogP contribution in [0.3, 0.4) is 0 Å². The molecule has 0 amide bonds. The second kappa shape index (κ2) is 65.0. The van der Waals surface area contributed by atoms with E-state index in [4.69, 9.17) is 37.0 Å². The first-order valence-corrected chi connectivity index (χ1v) is 41.0. The Kier molecular flexibility index (Phi) is 63.7. The highest BCUT2D eigenvalue weighted by molar-refractivity contribution is 7.47. The smallest absolute Gasteiger partial charge is 0.462 e. The summed E-state index contributed by atoms with van der Waals surface area (Å²) >= 11 is 0. The Labute approximate surface area is 562 Å². The molecular weight excluding hydrogens is 1210 g/mol. The summed E-state index contributed by atoms with van der Waals surface area (Å²) < 4.78 is 68.4. The van der Waals surface area contributed by atoms with Crippen LogP contribution in [0.5, 0.6) is 0 Å². The number of rotatable bonds is 72. The third kappa shape index (κ3) is 66.7. The van der Waals surface area contributed by atoms with Gasteiger partial charge in [-0.1, -0.05) is 324 Å². The van der Waals surface area contributed by atoms with Crippen molar-refractivity contribution in [1.29, 1.82) is 0 Å². The number of hydrogen-bond acceptors (Lipinski definition) is 15. The van der Waals surface area contributed by atoms with Crippen molar-refractivity contribution in [2.45, 2.75) is 394 Å². The van der Waals surface area contributed by atoms with Crippen LogP contribution in [0, 0.1) is 11.8 Å². The summed E-state index contributed by atoms with van der Waals surface area (Å²) in [5, 5.41) is 10.6. The van der Waals surface area contributed by atoms with E-state index in [-0.39, 0.29) is 25.7 Å². The van der Waals surface area contributed by atoms with Crippen LogP contribution < -0.4 is 0 Å². The zero-order valence-electron chi connectivity index (χ0n) is 59.9. The maximum absolute atomic E-state index is 13.1. The molecule has 0 spiro atoms. The predicted molar refractivity (Wildman–Crippen MR) is 372 cm³/mol. The van der Waals surface area contributed by atoms with Crippen molar-refractivity contribution < 1.29 is 80.2 Å². The van der Waals surface area contributed by atoms with E-state index in [0.717, 1.165) is 102 Å². The lowest BCUT2D eigenvalue weighted by Gasteiger charge is -2.21. The number of aliphatic hydroxyl groups is 1. The lowest BCUT2D eigenvalue weighted by molar-refractivity contribution is -0.161. The zero-order chi connectivity index (χ0) is 67.9. The average Bonchev–Trinajstić information content (AvgIpc) is 1.42. The molecule has 0 aromatic rings. The largest absolute Gasteiger partial charge is 0.472 e. The Bertz CT molecular complexity index is 1790. The third-order valence-corrected chi connectivity index (χ3v) is 18.9. The molecule has 3 N–H and O–H groups in total. The van der Waals surface area contributed by atoms with Crippen LogP contribution in [0.2, 0.25) is 0 Å². The van der Waals surface area contributed by atoms with Gasteiger partial charge in [-0.15, -0.1) is 0 Å². The molecule has 546 valence electrons. The number of aliphatic hydroxyl groups excluding tert-OH is 1. The van der Waals surface area contributed by atoms with E-state index in [2.05, 4.69) is 41.5 Å². The summed E-state index contributed by atoms with van der Waals surface area (Å²) in [6.07, 6.45) is 51.4. The zero-order valence-corrected chi connectivity index (χ0v) is 61.6. The van der Waals surface area contributed by atoms with Crippen molar-refractivity contribution in [3.63, 3.8) is 0 Å². The molecular formula is C73H142O17P2. The lowest BCUT2D eigenvalue weighted by Crippen LogP contribution is -2.30. The molecule has 0 heterocycles. The summed E-state index contributed by atoms with van der Waals surface area (Å²) in [5.41, 5.74) is 0. The third-order valence-electron chi connectivity index (χ3n) is 17.0. The molecule has 92 heavy (non-hydrogen) atoms. The van der Waals surface area contributed by atoms with Crippen molar-refractivity contribution in [2.24, 2.45) is 11.8 Å². The normalized spacial score (nSPS) is 14.1. The molecule has 0 aliphatic heterocycles. The number of unbranched alkanes of at least 4 members (excludes halogenated alkanes) is 42. The van der Waals surface area contributed by atoms with Gasteiger partial charge in [0.1, 0.15) is 19.3 Å².